The van der Waals surface area contributed by atoms with E-state index in [4.69, 9.17) is 4.74 Å². The lowest BCUT2D eigenvalue weighted by molar-refractivity contribution is -0.131. The molecule has 0 spiro atoms. The molecule has 1 aliphatic heterocycles. The molecule has 1 aliphatic rings. The summed E-state index contributed by atoms with van der Waals surface area (Å²) in [4.78, 5) is 33.5. The van der Waals surface area contributed by atoms with E-state index < -0.39 is 6.09 Å². The van der Waals surface area contributed by atoms with Gasteiger partial charge >= 0.3 is 6.09 Å². The van der Waals surface area contributed by atoms with E-state index in [1.807, 2.05) is 55.5 Å². The number of hydrogen-bond donors (Lipinski definition) is 2. The van der Waals surface area contributed by atoms with Crippen LogP contribution in [0.1, 0.15) is 30.3 Å². The Morgan fingerprint density at radius 2 is 2.03 bits per heavy atom. The van der Waals surface area contributed by atoms with Gasteiger partial charge in [-0.25, -0.2) is 9.78 Å². The highest BCUT2D eigenvalue weighted by Gasteiger charge is 2.32. The Bertz CT molecular complexity index is 1100. The maximum atomic E-state index is 12.6. The van der Waals surface area contributed by atoms with Crippen LogP contribution in [-0.4, -0.2) is 47.1 Å². The zero-order valence-electron chi connectivity index (χ0n) is 18.1. The fraction of sp³-hybridized carbons (Fsp3) is 0.292. The second-order valence-electron chi connectivity index (χ2n) is 7.67. The van der Waals surface area contributed by atoms with Crippen LogP contribution in [0, 0.1) is 6.92 Å². The second kappa shape index (κ2) is 9.55. The van der Waals surface area contributed by atoms with Crippen LogP contribution in [0.15, 0.2) is 54.7 Å². The van der Waals surface area contributed by atoms with Crippen molar-refractivity contribution in [3.63, 3.8) is 0 Å². The van der Waals surface area contributed by atoms with E-state index in [-0.39, 0.29) is 18.5 Å². The highest BCUT2D eigenvalue weighted by Crippen LogP contribution is 2.33. The van der Waals surface area contributed by atoms with Crippen molar-refractivity contribution >= 4 is 12.0 Å². The molecule has 2 N–H and O–H groups in total. The van der Waals surface area contributed by atoms with Crippen molar-refractivity contribution in [2.75, 3.05) is 20.2 Å². The normalized spacial score (nSPS) is 15.4. The molecule has 0 bridgehead atoms. The molecule has 166 valence electrons. The SMILES string of the molecule is COC(=O)NCC(=O)N1CCC[C@H]1c1ncc(-c2ccc(C)c(Oc3ccccc3)c2)[nH]1. The molecule has 0 radical (unpaired) electrons. The van der Waals surface area contributed by atoms with Crippen LogP contribution in [-0.2, 0) is 9.53 Å². The Morgan fingerprint density at radius 3 is 2.81 bits per heavy atom. The quantitative estimate of drug-likeness (QED) is 0.606. The monoisotopic (exact) mass is 434 g/mol. The largest absolute Gasteiger partial charge is 0.457 e. The first kappa shape index (κ1) is 21.4. The number of benzene rings is 2. The third-order valence-corrected chi connectivity index (χ3v) is 5.52. The van der Waals surface area contributed by atoms with E-state index in [2.05, 4.69) is 20.0 Å². The van der Waals surface area contributed by atoms with Crippen LogP contribution in [0.4, 0.5) is 4.79 Å². The minimum absolute atomic E-state index is 0.102. The summed E-state index contributed by atoms with van der Waals surface area (Å²) < 4.78 is 10.6. The number of hydrogen-bond acceptors (Lipinski definition) is 5. The first-order chi connectivity index (χ1) is 15.5. The lowest BCUT2D eigenvalue weighted by Crippen LogP contribution is -2.40. The van der Waals surface area contributed by atoms with Gasteiger partial charge in [0.05, 0.1) is 25.0 Å². The van der Waals surface area contributed by atoms with Crippen LogP contribution < -0.4 is 10.1 Å². The molecular formula is C24H26N4O4. The van der Waals surface area contributed by atoms with E-state index in [1.165, 1.54) is 7.11 Å². The molecular weight excluding hydrogens is 408 g/mol. The van der Waals surface area contributed by atoms with Gasteiger partial charge < -0.3 is 24.7 Å². The number of methoxy groups -OCH3 is 1. The number of aromatic amines is 1. The van der Waals surface area contributed by atoms with Gasteiger partial charge in [-0.3, -0.25) is 4.79 Å². The van der Waals surface area contributed by atoms with Gasteiger partial charge in [-0.2, -0.15) is 0 Å². The summed E-state index contributed by atoms with van der Waals surface area (Å²) in [5.74, 6) is 2.12. The highest BCUT2D eigenvalue weighted by molar-refractivity contribution is 5.82. The first-order valence-corrected chi connectivity index (χ1v) is 10.6. The predicted octanol–water partition coefficient (Wildman–Crippen LogP) is 4.20. The third kappa shape index (κ3) is 4.74. The number of aryl methyl sites for hydroxylation is 1. The molecule has 2 heterocycles. The zero-order chi connectivity index (χ0) is 22.5. The van der Waals surface area contributed by atoms with Crippen molar-refractivity contribution in [3.8, 4) is 22.8 Å². The number of carbonyl (C=O) groups is 2. The van der Waals surface area contributed by atoms with Gasteiger partial charge in [0.15, 0.2) is 0 Å². The Morgan fingerprint density at radius 1 is 1.22 bits per heavy atom. The molecule has 1 fully saturated rings. The number of para-hydroxylation sites is 1. The number of nitrogens with one attached hydrogen (secondary N) is 2. The summed E-state index contributed by atoms with van der Waals surface area (Å²) in [6.45, 7) is 2.53. The molecule has 3 aromatic rings. The van der Waals surface area contributed by atoms with E-state index in [1.54, 1.807) is 11.1 Å². The number of nitrogens with zero attached hydrogens (tertiary/aromatic N) is 2. The minimum atomic E-state index is -0.623. The molecule has 1 aromatic heterocycles. The molecule has 4 rings (SSSR count). The summed E-state index contributed by atoms with van der Waals surface area (Å²) in [7, 11) is 1.27. The fourth-order valence-corrected chi connectivity index (χ4v) is 3.82. The maximum absolute atomic E-state index is 12.6. The lowest BCUT2D eigenvalue weighted by Gasteiger charge is -2.23. The molecule has 2 amide bonds. The van der Waals surface area contributed by atoms with Gasteiger partial charge in [-0.05, 0) is 43.5 Å². The molecule has 8 heteroatoms. The number of carbonyl (C=O) groups excluding carboxylic acids is 2. The van der Waals surface area contributed by atoms with Crippen LogP contribution in [0.5, 0.6) is 11.5 Å². The number of aromatic nitrogens is 2. The fourth-order valence-electron chi connectivity index (χ4n) is 3.82. The van der Waals surface area contributed by atoms with Gasteiger partial charge in [0.25, 0.3) is 0 Å². The summed E-state index contributed by atoms with van der Waals surface area (Å²) >= 11 is 0. The molecule has 8 nitrogen and oxygen atoms in total. The molecule has 2 aromatic carbocycles. The minimum Gasteiger partial charge on any atom is -0.457 e. The molecule has 1 atom stereocenters. The lowest BCUT2D eigenvalue weighted by atomic mass is 10.1. The van der Waals surface area contributed by atoms with Crippen molar-refractivity contribution in [3.05, 3.63) is 66.1 Å². The number of H-pyrrole nitrogens is 1. The van der Waals surface area contributed by atoms with Crippen LogP contribution >= 0.6 is 0 Å². The second-order valence-corrected chi connectivity index (χ2v) is 7.67. The predicted molar refractivity (Wildman–Crippen MR) is 119 cm³/mol. The number of imidazole rings is 1. The van der Waals surface area contributed by atoms with Crippen LogP contribution in [0.2, 0.25) is 0 Å². The van der Waals surface area contributed by atoms with Crippen molar-refractivity contribution in [2.45, 2.75) is 25.8 Å². The van der Waals surface area contributed by atoms with E-state index in [0.29, 0.717) is 6.54 Å². The van der Waals surface area contributed by atoms with Gasteiger partial charge in [0.2, 0.25) is 5.91 Å². The Balaban J connectivity index is 1.50. The Kier molecular flexibility index (Phi) is 6.39. The number of likely N-dealkylation sites (tertiary alicyclic amines) is 1. The number of alkyl carbamates (subject to hydrolysis) is 1. The average Bonchev–Trinajstić information content (AvgIpc) is 3.49. The summed E-state index contributed by atoms with van der Waals surface area (Å²) in [5, 5.41) is 2.45. The number of rotatable bonds is 6. The van der Waals surface area contributed by atoms with E-state index in [9.17, 15) is 9.59 Å². The van der Waals surface area contributed by atoms with Crippen LogP contribution in [0.3, 0.4) is 0 Å². The standard InChI is InChI=1S/C24H26N4O4/c1-16-10-11-17(13-21(16)32-18-7-4-3-5-8-18)19-14-25-23(27-19)20-9-6-12-28(20)22(29)15-26-24(30)31-2/h3-5,7-8,10-11,13-14,20H,6,9,12,15H2,1-2H3,(H,25,27)(H,26,30)/t20-/m0/s1. The number of ether oxygens (including phenoxy) is 2. The molecule has 0 saturated carbocycles. The summed E-state index contributed by atoms with van der Waals surface area (Å²) in [5.41, 5.74) is 2.83. The van der Waals surface area contributed by atoms with Crippen molar-refractivity contribution in [2.24, 2.45) is 0 Å². The topological polar surface area (TPSA) is 96.6 Å². The van der Waals surface area contributed by atoms with Gasteiger partial charge in [-0.15, -0.1) is 0 Å². The molecule has 32 heavy (non-hydrogen) atoms. The van der Waals surface area contributed by atoms with Gasteiger partial charge in [-0.1, -0.05) is 30.3 Å². The third-order valence-electron chi connectivity index (χ3n) is 5.52. The Hall–Kier alpha value is -3.81. The highest BCUT2D eigenvalue weighted by atomic mass is 16.5. The molecule has 1 saturated heterocycles. The van der Waals surface area contributed by atoms with Gasteiger partial charge in [0.1, 0.15) is 23.9 Å². The van der Waals surface area contributed by atoms with Crippen molar-refractivity contribution in [1.82, 2.24) is 20.2 Å². The zero-order valence-corrected chi connectivity index (χ0v) is 18.1. The average molecular weight is 434 g/mol. The summed E-state index contributed by atoms with van der Waals surface area (Å²) in [6.07, 6.45) is 2.85. The maximum Gasteiger partial charge on any atom is 0.407 e. The Labute approximate surface area is 186 Å². The van der Waals surface area contributed by atoms with E-state index in [0.717, 1.165) is 47.0 Å². The smallest absolute Gasteiger partial charge is 0.407 e. The van der Waals surface area contributed by atoms with Crippen molar-refractivity contribution < 1.29 is 19.1 Å². The van der Waals surface area contributed by atoms with Gasteiger partial charge in [0, 0.05) is 12.1 Å². The molecule has 0 aliphatic carbocycles. The van der Waals surface area contributed by atoms with Crippen LogP contribution in [0.25, 0.3) is 11.3 Å². The van der Waals surface area contributed by atoms with Crippen molar-refractivity contribution in [1.29, 1.82) is 0 Å². The first-order valence-electron chi connectivity index (χ1n) is 10.6. The molecule has 0 unspecified atom stereocenters. The number of amides is 2. The summed E-state index contributed by atoms with van der Waals surface area (Å²) in [6, 6.07) is 15.5. The van der Waals surface area contributed by atoms with E-state index >= 15 is 0 Å².